The van der Waals surface area contributed by atoms with E-state index < -0.39 is 4.84 Å². The Morgan fingerprint density at radius 2 is 1.77 bits per heavy atom. The van der Waals surface area contributed by atoms with Gasteiger partial charge in [0, 0.05) is 0 Å². The van der Waals surface area contributed by atoms with E-state index in [4.69, 9.17) is 28.9 Å². The SMILES string of the molecule is CCc1ccc(C(N)C(Cl)Cl)cc1. The quantitative estimate of drug-likeness (QED) is 0.775. The van der Waals surface area contributed by atoms with E-state index in [1.165, 1.54) is 5.56 Å². The van der Waals surface area contributed by atoms with E-state index in [1.807, 2.05) is 24.3 Å². The molecule has 0 saturated heterocycles. The summed E-state index contributed by atoms with van der Waals surface area (Å²) in [5.74, 6) is 0. The predicted octanol–water partition coefficient (Wildman–Crippen LogP) is 3.05. The zero-order valence-electron chi connectivity index (χ0n) is 7.50. The molecule has 1 rings (SSSR count). The normalized spacial score (nSPS) is 13.3. The first-order chi connectivity index (χ1) is 6.15. The average Bonchev–Trinajstić information content (AvgIpc) is 2.17. The highest BCUT2D eigenvalue weighted by Gasteiger charge is 2.13. The summed E-state index contributed by atoms with van der Waals surface area (Å²) >= 11 is 11.4. The summed E-state index contributed by atoms with van der Waals surface area (Å²) in [6.45, 7) is 2.11. The summed E-state index contributed by atoms with van der Waals surface area (Å²) in [5, 5.41) is 0. The molecule has 0 saturated carbocycles. The Balaban J connectivity index is 2.79. The van der Waals surface area contributed by atoms with Crippen molar-refractivity contribution in [2.75, 3.05) is 0 Å². The molecule has 0 spiro atoms. The van der Waals surface area contributed by atoms with Gasteiger partial charge in [0.2, 0.25) is 0 Å². The van der Waals surface area contributed by atoms with Crippen LogP contribution in [-0.2, 0) is 6.42 Å². The van der Waals surface area contributed by atoms with Crippen LogP contribution in [0, 0.1) is 0 Å². The van der Waals surface area contributed by atoms with Crippen LogP contribution in [0.15, 0.2) is 24.3 Å². The zero-order chi connectivity index (χ0) is 9.84. The summed E-state index contributed by atoms with van der Waals surface area (Å²) in [5.41, 5.74) is 8.03. The first-order valence-corrected chi connectivity index (χ1v) is 5.15. The van der Waals surface area contributed by atoms with Crippen molar-refractivity contribution < 1.29 is 0 Å². The third-order valence-corrected chi connectivity index (χ3v) is 2.59. The zero-order valence-corrected chi connectivity index (χ0v) is 9.02. The molecule has 0 radical (unpaired) electrons. The Kier molecular flexibility index (Phi) is 4.04. The lowest BCUT2D eigenvalue weighted by atomic mass is 10.1. The lowest BCUT2D eigenvalue weighted by Crippen LogP contribution is -2.17. The van der Waals surface area contributed by atoms with Gasteiger partial charge < -0.3 is 5.73 Å². The van der Waals surface area contributed by atoms with Gasteiger partial charge in [-0.2, -0.15) is 0 Å². The molecule has 2 N–H and O–H groups in total. The second kappa shape index (κ2) is 4.85. The van der Waals surface area contributed by atoms with E-state index in [2.05, 4.69) is 6.92 Å². The van der Waals surface area contributed by atoms with Gasteiger partial charge in [0.25, 0.3) is 0 Å². The molecule has 0 bridgehead atoms. The van der Waals surface area contributed by atoms with Gasteiger partial charge in [0.15, 0.2) is 0 Å². The van der Waals surface area contributed by atoms with Crippen LogP contribution in [-0.4, -0.2) is 4.84 Å². The van der Waals surface area contributed by atoms with Crippen LogP contribution >= 0.6 is 23.2 Å². The smallest absolute Gasteiger partial charge is 0.127 e. The molecular formula is C10H13Cl2N. The van der Waals surface area contributed by atoms with Gasteiger partial charge in [0.1, 0.15) is 4.84 Å². The number of hydrogen-bond acceptors (Lipinski definition) is 1. The van der Waals surface area contributed by atoms with Gasteiger partial charge >= 0.3 is 0 Å². The van der Waals surface area contributed by atoms with Gasteiger partial charge in [-0.25, -0.2) is 0 Å². The molecule has 1 aromatic rings. The molecule has 72 valence electrons. The van der Waals surface area contributed by atoms with Crippen molar-refractivity contribution in [1.29, 1.82) is 0 Å². The van der Waals surface area contributed by atoms with Crippen molar-refractivity contribution in [2.45, 2.75) is 24.2 Å². The molecule has 0 aliphatic heterocycles. The molecule has 1 unspecified atom stereocenters. The highest BCUT2D eigenvalue weighted by Crippen LogP contribution is 2.21. The molecule has 1 aromatic carbocycles. The minimum Gasteiger partial charge on any atom is -0.322 e. The molecule has 13 heavy (non-hydrogen) atoms. The first kappa shape index (κ1) is 10.8. The average molecular weight is 218 g/mol. The van der Waals surface area contributed by atoms with Crippen molar-refractivity contribution >= 4 is 23.2 Å². The third-order valence-electron chi connectivity index (χ3n) is 2.04. The lowest BCUT2D eigenvalue weighted by molar-refractivity contribution is 0.788. The fourth-order valence-electron chi connectivity index (χ4n) is 1.12. The minimum absolute atomic E-state index is 0.297. The maximum Gasteiger partial charge on any atom is 0.127 e. The first-order valence-electron chi connectivity index (χ1n) is 4.27. The number of nitrogens with two attached hydrogens (primary N) is 1. The molecule has 1 nitrogen and oxygen atoms in total. The molecule has 1 atom stereocenters. The Bertz CT molecular complexity index is 256. The van der Waals surface area contributed by atoms with E-state index in [0.717, 1.165) is 12.0 Å². The van der Waals surface area contributed by atoms with Crippen LogP contribution in [0.4, 0.5) is 0 Å². The van der Waals surface area contributed by atoms with Gasteiger partial charge in [-0.1, -0.05) is 31.2 Å². The van der Waals surface area contributed by atoms with E-state index >= 15 is 0 Å². The molecule has 0 aromatic heterocycles. The minimum atomic E-state index is -0.549. The highest BCUT2D eigenvalue weighted by molar-refractivity contribution is 6.44. The Hall–Kier alpha value is -0.240. The lowest BCUT2D eigenvalue weighted by Gasteiger charge is -2.12. The largest absolute Gasteiger partial charge is 0.322 e. The van der Waals surface area contributed by atoms with Crippen molar-refractivity contribution in [3.63, 3.8) is 0 Å². The third kappa shape index (κ3) is 2.87. The summed E-state index contributed by atoms with van der Waals surface area (Å²) < 4.78 is 0. The van der Waals surface area contributed by atoms with E-state index in [0.29, 0.717) is 0 Å². The topological polar surface area (TPSA) is 26.0 Å². The van der Waals surface area contributed by atoms with Gasteiger partial charge in [-0.15, -0.1) is 23.2 Å². The van der Waals surface area contributed by atoms with Gasteiger partial charge in [-0.05, 0) is 17.5 Å². The Morgan fingerprint density at radius 3 is 2.15 bits per heavy atom. The molecule has 3 heteroatoms. The number of halogens is 2. The predicted molar refractivity (Wildman–Crippen MR) is 58.2 cm³/mol. The number of aryl methyl sites for hydroxylation is 1. The van der Waals surface area contributed by atoms with Crippen LogP contribution in [0.25, 0.3) is 0 Å². The fraction of sp³-hybridized carbons (Fsp3) is 0.400. The number of alkyl halides is 2. The van der Waals surface area contributed by atoms with E-state index in [-0.39, 0.29) is 6.04 Å². The van der Waals surface area contributed by atoms with E-state index in [9.17, 15) is 0 Å². The summed E-state index contributed by atoms with van der Waals surface area (Å²) in [6, 6.07) is 7.74. The summed E-state index contributed by atoms with van der Waals surface area (Å²) in [4.78, 5) is -0.549. The number of hydrogen-bond donors (Lipinski definition) is 1. The van der Waals surface area contributed by atoms with Crippen LogP contribution in [0.2, 0.25) is 0 Å². The monoisotopic (exact) mass is 217 g/mol. The summed E-state index contributed by atoms with van der Waals surface area (Å²) in [6.07, 6.45) is 1.03. The van der Waals surface area contributed by atoms with Crippen LogP contribution in [0.1, 0.15) is 24.1 Å². The van der Waals surface area contributed by atoms with Crippen molar-refractivity contribution in [3.05, 3.63) is 35.4 Å². The molecule has 0 fully saturated rings. The summed E-state index contributed by atoms with van der Waals surface area (Å²) in [7, 11) is 0. The van der Waals surface area contributed by atoms with E-state index in [1.54, 1.807) is 0 Å². The molecule has 0 amide bonds. The maximum atomic E-state index is 5.77. The van der Waals surface area contributed by atoms with Crippen LogP contribution in [0.5, 0.6) is 0 Å². The standard InChI is InChI=1S/C10H13Cl2N/c1-2-7-3-5-8(6-4-7)9(13)10(11)12/h3-6,9-10H,2,13H2,1H3. The molecule has 0 aliphatic carbocycles. The number of rotatable bonds is 3. The Morgan fingerprint density at radius 1 is 1.23 bits per heavy atom. The Labute approximate surface area is 88.8 Å². The second-order valence-electron chi connectivity index (χ2n) is 2.96. The van der Waals surface area contributed by atoms with Gasteiger partial charge in [-0.3, -0.25) is 0 Å². The second-order valence-corrected chi connectivity index (χ2v) is 4.12. The maximum absolute atomic E-state index is 5.77. The van der Waals surface area contributed by atoms with Crippen molar-refractivity contribution in [1.82, 2.24) is 0 Å². The van der Waals surface area contributed by atoms with Crippen molar-refractivity contribution in [3.8, 4) is 0 Å². The van der Waals surface area contributed by atoms with Gasteiger partial charge in [0.05, 0.1) is 6.04 Å². The highest BCUT2D eigenvalue weighted by atomic mass is 35.5. The molecule has 0 aliphatic rings. The van der Waals surface area contributed by atoms with Crippen LogP contribution in [0.3, 0.4) is 0 Å². The molecular weight excluding hydrogens is 205 g/mol. The molecule has 0 heterocycles. The van der Waals surface area contributed by atoms with Crippen LogP contribution < -0.4 is 5.73 Å². The number of benzene rings is 1. The fourth-order valence-corrected chi connectivity index (χ4v) is 1.41. The van der Waals surface area contributed by atoms with Crippen molar-refractivity contribution in [2.24, 2.45) is 5.73 Å².